The van der Waals surface area contributed by atoms with Crippen LogP contribution in [0.25, 0.3) is 11.0 Å². The average molecular weight is 258 g/mol. The zero-order valence-corrected chi connectivity index (χ0v) is 10.9. The summed E-state index contributed by atoms with van der Waals surface area (Å²) in [5.74, 6) is 1.28. The lowest BCUT2D eigenvalue weighted by atomic mass is 9.90. The first-order valence-electron chi connectivity index (χ1n) is 6.98. The first-order valence-corrected chi connectivity index (χ1v) is 6.98. The van der Waals surface area contributed by atoms with Crippen LogP contribution < -0.4 is 10.2 Å². The smallest absolute Gasteiger partial charge is 0.196 e. The molecule has 100 valence electrons. The second-order valence-electron chi connectivity index (χ2n) is 5.23. The summed E-state index contributed by atoms with van der Waals surface area (Å²) in [6.07, 6.45) is 7.83. The van der Waals surface area contributed by atoms with E-state index in [0.717, 1.165) is 0 Å². The Morgan fingerprint density at radius 3 is 2.84 bits per heavy atom. The Bertz CT molecular complexity index is 603. The van der Waals surface area contributed by atoms with Crippen molar-refractivity contribution in [2.45, 2.75) is 32.1 Å². The number of hydrogen-bond donors (Lipinski definition) is 0. The summed E-state index contributed by atoms with van der Waals surface area (Å²) in [5, 5.41) is 0.556. The lowest BCUT2D eigenvalue weighted by Gasteiger charge is -2.21. The lowest BCUT2D eigenvalue weighted by Crippen LogP contribution is -2.16. The molecular weight excluding hydrogens is 240 g/mol. The minimum atomic E-state index is -0.0412. The number of ether oxygens (including phenoxy) is 1. The number of fused-ring (bicyclic) bond motifs is 1. The van der Waals surface area contributed by atoms with Gasteiger partial charge in [0.2, 0.25) is 0 Å². The molecule has 1 aliphatic carbocycles. The van der Waals surface area contributed by atoms with Gasteiger partial charge in [0.05, 0.1) is 12.9 Å². The normalized spacial score (nSPS) is 16.6. The van der Waals surface area contributed by atoms with Crippen LogP contribution in [-0.2, 0) is 0 Å². The van der Waals surface area contributed by atoms with Crippen LogP contribution in [0.5, 0.6) is 5.75 Å². The molecule has 1 heterocycles. The van der Waals surface area contributed by atoms with Gasteiger partial charge in [0.1, 0.15) is 16.7 Å². The van der Waals surface area contributed by atoms with Crippen LogP contribution in [0.1, 0.15) is 32.1 Å². The first kappa shape index (κ1) is 12.3. The standard InChI is InChI=1S/C16H18O3/c17-13-9-10-18-14-7-4-8-15(16(13)14)19-11-12-5-2-1-3-6-12/h4,7-10,12H,1-3,5-6,11H2. The van der Waals surface area contributed by atoms with Crippen molar-refractivity contribution in [1.29, 1.82) is 0 Å². The monoisotopic (exact) mass is 258 g/mol. The van der Waals surface area contributed by atoms with Gasteiger partial charge in [-0.2, -0.15) is 0 Å². The highest BCUT2D eigenvalue weighted by Crippen LogP contribution is 2.27. The Labute approximate surface area is 112 Å². The van der Waals surface area contributed by atoms with Gasteiger partial charge in [0.25, 0.3) is 0 Å². The molecule has 1 aromatic carbocycles. The zero-order valence-electron chi connectivity index (χ0n) is 10.9. The summed E-state index contributed by atoms with van der Waals surface area (Å²) in [6.45, 7) is 0.702. The summed E-state index contributed by atoms with van der Waals surface area (Å²) < 4.78 is 11.2. The molecule has 1 aromatic heterocycles. The van der Waals surface area contributed by atoms with Crippen molar-refractivity contribution in [1.82, 2.24) is 0 Å². The highest BCUT2D eigenvalue weighted by atomic mass is 16.5. The van der Waals surface area contributed by atoms with E-state index in [4.69, 9.17) is 9.15 Å². The van der Waals surface area contributed by atoms with Crippen molar-refractivity contribution in [2.75, 3.05) is 6.61 Å². The van der Waals surface area contributed by atoms with Gasteiger partial charge in [-0.1, -0.05) is 25.3 Å². The second-order valence-corrected chi connectivity index (χ2v) is 5.23. The van der Waals surface area contributed by atoms with E-state index < -0.39 is 0 Å². The Kier molecular flexibility index (Phi) is 3.53. The maximum atomic E-state index is 11.9. The minimum Gasteiger partial charge on any atom is -0.492 e. The molecule has 1 aliphatic rings. The van der Waals surface area contributed by atoms with Crippen LogP contribution >= 0.6 is 0 Å². The molecule has 0 bridgehead atoms. The van der Waals surface area contributed by atoms with Gasteiger partial charge < -0.3 is 9.15 Å². The maximum absolute atomic E-state index is 11.9. The van der Waals surface area contributed by atoms with Crippen molar-refractivity contribution in [3.05, 3.63) is 40.8 Å². The Hall–Kier alpha value is -1.77. The van der Waals surface area contributed by atoms with Crippen molar-refractivity contribution >= 4 is 11.0 Å². The van der Waals surface area contributed by atoms with Crippen LogP contribution in [0.15, 0.2) is 39.7 Å². The third kappa shape index (κ3) is 2.65. The van der Waals surface area contributed by atoms with Gasteiger partial charge in [-0.05, 0) is 30.9 Å². The predicted molar refractivity (Wildman–Crippen MR) is 74.6 cm³/mol. The molecule has 3 rings (SSSR count). The van der Waals surface area contributed by atoms with Crippen LogP contribution in [0, 0.1) is 5.92 Å². The molecule has 0 saturated heterocycles. The van der Waals surface area contributed by atoms with E-state index in [1.165, 1.54) is 44.4 Å². The SMILES string of the molecule is O=c1ccoc2cccc(OCC3CCCCC3)c12. The molecule has 0 atom stereocenters. The zero-order chi connectivity index (χ0) is 13.1. The van der Waals surface area contributed by atoms with Gasteiger partial charge in [-0.3, -0.25) is 4.79 Å². The molecule has 0 unspecified atom stereocenters. The summed E-state index contributed by atoms with van der Waals surface area (Å²) in [7, 11) is 0. The molecule has 2 aromatic rings. The molecule has 0 aliphatic heterocycles. The molecule has 3 nitrogen and oxygen atoms in total. The van der Waals surface area contributed by atoms with E-state index in [9.17, 15) is 4.79 Å². The fourth-order valence-electron chi connectivity index (χ4n) is 2.79. The highest BCUT2D eigenvalue weighted by molar-refractivity contribution is 5.82. The summed E-state index contributed by atoms with van der Waals surface area (Å²) in [4.78, 5) is 11.9. The molecule has 0 spiro atoms. The second kappa shape index (κ2) is 5.47. The van der Waals surface area contributed by atoms with Crippen LogP contribution in [0.3, 0.4) is 0 Å². The predicted octanol–water partition coefficient (Wildman–Crippen LogP) is 3.75. The quantitative estimate of drug-likeness (QED) is 0.841. The number of hydrogen-bond acceptors (Lipinski definition) is 3. The lowest BCUT2D eigenvalue weighted by molar-refractivity contribution is 0.210. The fourth-order valence-corrected chi connectivity index (χ4v) is 2.79. The van der Waals surface area contributed by atoms with E-state index in [-0.39, 0.29) is 5.43 Å². The maximum Gasteiger partial charge on any atom is 0.196 e. The molecule has 0 N–H and O–H groups in total. The molecule has 0 radical (unpaired) electrons. The third-order valence-corrected chi connectivity index (χ3v) is 3.85. The van der Waals surface area contributed by atoms with E-state index >= 15 is 0 Å². The van der Waals surface area contributed by atoms with Crippen LogP contribution in [0.4, 0.5) is 0 Å². The van der Waals surface area contributed by atoms with Crippen molar-refractivity contribution in [3.63, 3.8) is 0 Å². The minimum absolute atomic E-state index is 0.0412. The summed E-state index contributed by atoms with van der Waals surface area (Å²) in [6, 6.07) is 6.95. The fraction of sp³-hybridized carbons (Fsp3) is 0.438. The molecular formula is C16H18O3. The van der Waals surface area contributed by atoms with E-state index in [0.29, 0.717) is 29.2 Å². The van der Waals surface area contributed by atoms with Crippen molar-refractivity contribution in [2.24, 2.45) is 5.92 Å². The highest BCUT2D eigenvalue weighted by Gasteiger charge is 2.15. The van der Waals surface area contributed by atoms with Gasteiger partial charge in [-0.25, -0.2) is 0 Å². The van der Waals surface area contributed by atoms with Crippen LogP contribution in [0.2, 0.25) is 0 Å². The van der Waals surface area contributed by atoms with Crippen molar-refractivity contribution < 1.29 is 9.15 Å². The number of rotatable bonds is 3. The van der Waals surface area contributed by atoms with Gasteiger partial charge in [-0.15, -0.1) is 0 Å². The third-order valence-electron chi connectivity index (χ3n) is 3.85. The largest absolute Gasteiger partial charge is 0.492 e. The Morgan fingerprint density at radius 1 is 1.16 bits per heavy atom. The van der Waals surface area contributed by atoms with Gasteiger partial charge in [0.15, 0.2) is 5.43 Å². The molecule has 0 amide bonds. The van der Waals surface area contributed by atoms with E-state index in [1.807, 2.05) is 12.1 Å². The van der Waals surface area contributed by atoms with Crippen molar-refractivity contribution in [3.8, 4) is 5.75 Å². The number of benzene rings is 1. The van der Waals surface area contributed by atoms with E-state index in [1.54, 1.807) is 6.07 Å². The Balaban J connectivity index is 1.82. The molecule has 3 heteroatoms. The van der Waals surface area contributed by atoms with Gasteiger partial charge in [0, 0.05) is 6.07 Å². The molecule has 1 saturated carbocycles. The van der Waals surface area contributed by atoms with Gasteiger partial charge >= 0.3 is 0 Å². The van der Waals surface area contributed by atoms with E-state index in [2.05, 4.69) is 0 Å². The summed E-state index contributed by atoms with van der Waals surface area (Å²) >= 11 is 0. The first-order chi connectivity index (χ1) is 9.34. The molecule has 19 heavy (non-hydrogen) atoms. The Morgan fingerprint density at radius 2 is 2.00 bits per heavy atom. The summed E-state index contributed by atoms with van der Waals surface area (Å²) in [5.41, 5.74) is 0.550. The molecule has 1 fully saturated rings. The average Bonchev–Trinajstić information content (AvgIpc) is 2.46. The van der Waals surface area contributed by atoms with Crippen LogP contribution in [-0.4, -0.2) is 6.61 Å². The topological polar surface area (TPSA) is 39.4 Å².